The second-order valence-electron chi connectivity index (χ2n) is 5.21. The fourth-order valence-electron chi connectivity index (χ4n) is 2.38. The summed E-state index contributed by atoms with van der Waals surface area (Å²) in [7, 11) is 0. The Balaban J connectivity index is 0.00000264. The third-order valence-corrected chi connectivity index (χ3v) is 3.79. The van der Waals surface area contributed by atoms with Gasteiger partial charge in [-0.05, 0) is 26.0 Å². The van der Waals surface area contributed by atoms with Gasteiger partial charge in [-0.15, -0.1) is 12.4 Å². The number of nitro groups is 1. The minimum Gasteiger partial charge on any atom is -0.474 e. The number of halogens is 2. The van der Waals surface area contributed by atoms with Crippen molar-refractivity contribution in [2.45, 2.75) is 26.0 Å². The number of benzene rings is 1. The maximum absolute atomic E-state index is 12.4. The number of piperazine rings is 1. The normalized spacial score (nSPS) is 18.7. The molecule has 0 spiro atoms. The van der Waals surface area contributed by atoms with Crippen molar-refractivity contribution in [3.05, 3.63) is 33.3 Å². The summed E-state index contributed by atoms with van der Waals surface area (Å²) in [6.45, 7) is 5.58. The molecule has 2 rings (SSSR count). The third-order valence-electron chi connectivity index (χ3n) is 3.55. The first-order valence-corrected chi connectivity index (χ1v) is 7.39. The van der Waals surface area contributed by atoms with Gasteiger partial charge in [-0.25, -0.2) is 0 Å². The Morgan fingerprint density at radius 3 is 2.87 bits per heavy atom. The zero-order valence-electron chi connectivity index (χ0n) is 12.8. The molecule has 0 aromatic heterocycles. The quantitative estimate of drug-likeness (QED) is 0.654. The molecule has 9 heteroatoms. The lowest BCUT2D eigenvalue weighted by Gasteiger charge is -2.35. The van der Waals surface area contributed by atoms with E-state index in [0.717, 1.165) is 13.1 Å². The molecule has 0 aliphatic carbocycles. The van der Waals surface area contributed by atoms with Crippen molar-refractivity contribution in [3.63, 3.8) is 0 Å². The fraction of sp³-hybridized carbons (Fsp3) is 0.500. The number of nitrogens with zero attached hydrogens (tertiary/aromatic N) is 2. The largest absolute Gasteiger partial charge is 0.474 e. The minimum absolute atomic E-state index is 0. The minimum atomic E-state index is -0.805. The van der Waals surface area contributed by atoms with Crippen LogP contribution in [0.3, 0.4) is 0 Å². The Hall–Kier alpha value is -1.57. The molecule has 0 saturated carbocycles. The van der Waals surface area contributed by atoms with E-state index in [2.05, 4.69) is 5.32 Å². The van der Waals surface area contributed by atoms with Crippen LogP contribution in [0.1, 0.15) is 13.8 Å². The van der Waals surface area contributed by atoms with Crippen LogP contribution in [0.5, 0.6) is 5.75 Å². The molecule has 1 saturated heterocycles. The van der Waals surface area contributed by atoms with Crippen LogP contribution in [-0.4, -0.2) is 47.5 Å². The van der Waals surface area contributed by atoms with Gasteiger partial charge in [-0.2, -0.15) is 0 Å². The van der Waals surface area contributed by atoms with Gasteiger partial charge < -0.3 is 15.0 Å². The fourth-order valence-corrected chi connectivity index (χ4v) is 2.54. The van der Waals surface area contributed by atoms with Crippen molar-refractivity contribution >= 4 is 35.6 Å². The van der Waals surface area contributed by atoms with E-state index >= 15 is 0 Å². The van der Waals surface area contributed by atoms with Crippen LogP contribution in [0.4, 0.5) is 5.69 Å². The molecule has 23 heavy (non-hydrogen) atoms. The summed E-state index contributed by atoms with van der Waals surface area (Å²) in [4.78, 5) is 24.6. The zero-order valence-corrected chi connectivity index (χ0v) is 14.4. The summed E-state index contributed by atoms with van der Waals surface area (Å²) < 4.78 is 5.51. The van der Waals surface area contributed by atoms with Gasteiger partial charge in [0.2, 0.25) is 0 Å². The first-order valence-electron chi connectivity index (χ1n) is 7.02. The van der Waals surface area contributed by atoms with Gasteiger partial charge in [0.05, 0.1) is 4.92 Å². The van der Waals surface area contributed by atoms with Gasteiger partial charge in [0.25, 0.3) is 5.91 Å². The molecule has 1 aliphatic heterocycles. The highest BCUT2D eigenvalue weighted by atomic mass is 35.5. The molecule has 1 aromatic carbocycles. The molecule has 1 fully saturated rings. The van der Waals surface area contributed by atoms with Crippen molar-refractivity contribution in [3.8, 4) is 5.75 Å². The first kappa shape index (κ1) is 19.5. The lowest BCUT2D eigenvalue weighted by molar-refractivity contribution is -0.386. The third kappa shape index (κ3) is 4.70. The number of amides is 1. The maximum Gasteiger partial charge on any atom is 0.312 e. The van der Waals surface area contributed by atoms with E-state index < -0.39 is 11.0 Å². The maximum atomic E-state index is 12.4. The Morgan fingerprint density at radius 1 is 1.57 bits per heavy atom. The summed E-state index contributed by atoms with van der Waals surface area (Å²) in [5, 5.41) is 14.5. The lowest BCUT2D eigenvalue weighted by Crippen LogP contribution is -2.55. The molecular weight excluding hydrogens is 345 g/mol. The van der Waals surface area contributed by atoms with Gasteiger partial charge in [0.15, 0.2) is 11.9 Å². The molecule has 1 N–H and O–H groups in total. The highest BCUT2D eigenvalue weighted by Crippen LogP contribution is 2.30. The summed E-state index contributed by atoms with van der Waals surface area (Å²) in [5.41, 5.74) is -0.250. The van der Waals surface area contributed by atoms with Crippen molar-refractivity contribution < 1.29 is 14.5 Å². The van der Waals surface area contributed by atoms with Crippen molar-refractivity contribution in [1.29, 1.82) is 0 Å². The number of hydrogen-bond donors (Lipinski definition) is 1. The number of nitrogens with one attached hydrogen (secondary N) is 1. The molecule has 2 atom stereocenters. The first-order chi connectivity index (χ1) is 10.4. The predicted octanol–water partition coefficient (Wildman–Crippen LogP) is 2.26. The predicted molar refractivity (Wildman–Crippen MR) is 89.5 cm³/mol. The SMILES string of the molecule is CC(Oc1ccc(Cl)cc1[N+](=O)[O-])C(=O)N1CCNC[C@@H]1C.Cl. The molecule has 0 bridgehead atoms. The highest BCUT2D eigenvalue weighted by Gasteiger charge is 2.29. The van der Waals surface area contributed by atoms with Gasteiger partial charge in [-0.3, -0.25) is 14.9 Å². The zero-order chi connectivity index (χ0) is 16.3. The summed E-state index contributed by atoms with van der Waals surface area (Å²) in [6.07, 6.45) is -0.805. The number of nitro benzene ring substituents is 1. The van der Waals surface area contributed by atoms with E-state index in [0.29, 0.717) is 6.54 Å². The molecule has 1 aliphatic rings. The van der Waals surface area contributed by atoms with Crippen molar-refractivity contribution in [2.24, 2.45) is 0 Å². The molecular formula is C14H19Cl2N3O4. The van der Waals surface area contributed by atoms with E-state index in [4.69, 9.17) is 16.3 Å². The van der Waals surface area contributed by atoms with Crippen LogP contribution < -0.4 is 10.1 Å². The van der Waals surface area contributed by atoms with Gasteiger partial charge in [-0.1, -0.05) is 11.6 Å². The van der Waals surface area contributed by atoms with Crippen LogP contribution in [0.15, 0.2) is 18.2 Å². The van der Waals surface area contributed by atoms with E-state index in [9.17, 15) is 14.9 Å². The molecule has 128 valence electrons. The molecule has 7 nitrogen and oxygen atoms in total. The summed E-state index contributed by atoms with van der Waals surface area (Å²) in [6, 6.07) is 4.18. The van der Waals surface area contributed by atoms with E-state index in [-0.39, 0.29) is 40.8 Å². The Morgan fingerprint density at radius 2 is 2.26 bits per heavy atom. The molecule has 1 amide bonds. The standard InChI is InChI=1S/C14H18ClN3O4.ClH/c1-9-8-16-5-6-17(9)14(19)10(2)22-13-4-3-11(15)7-12(13)18(20)21;/h3-4,7,9-10,16H,5-6,8H2,1-2H3;1H/t9-,10?;/m0./s1. The molecule has 1 heterocycles. The Kier molecular flexibility index (Phi) is 7.05. The van der Waals surface area contributed by atoms with Crippen molar-refractivity contribution in [1.82, 2.24) is 10.2 Å². The summed E-state index contributed by atoms with van der Waals surface area (Å²) >= 11 is 5.76. The number of hydrogen-bond acceptors (Lipinski definition) is 5. The van der Waals surface area contributed by atoms with Gasteiger partial charge >= 0.3 is 5.69 Å². The Bertz CT molecular complexity index is 585. The van der Waals surface area contributed by atoms with Gasteiger partial charge in [0.1, 0.15) is 0 Å². The highest BCUT2D eigenvalue weighted by molar-refractivity contribution is 6.30. The van der Waals surface area contributed by atoms with Crippen LogP contribution in [-0.2, 0) is 4.79 Å². The Labute approximate surface area is 145 Å². The van der Waals surface area contributed by atoms with Crippen LogP contribution in [0.25, 0.3) is 0 Å². The van der Waals surface area contributed by atoms with Crippen LogP contribution >= 0.6 is 24.0 Å². The summed E-state index contributed by atoms with van der Waals surface area (Å²) in [5.74, 6) is -0.142. The smallest absolute Gasteiger partial charge is 0.312 e. The molecule has 0 radical (unpaired) electrons. The van der Waals surface area contributed by atoms with E-state index in [1.165, 1.54) is 18.2 Å². The average Bonchev–Trinajstić information content (AvgIpc) is 2.48. The monoisotopic (exact) mass is 363 g/mol. The van der Waals surface area contributed by atoms with Crippen LogP contribution in [0, 0.1) is 10.1 Å². The van der Waals surface area contributed by atoms with Crippen LogP contribution in [0.2, 0.25) is 5.02 Å². The lowest BCUT2D eigenvalue weighted by atomic mass is 10.2. The average molecular weight is 364 g/mol. The topological polar surface area (TPSA) is 84.7 Å². The van der Waals surface area contributed by atoms with E-state index in [1.807, 2.05) is 6.92 Å². The van der Waals surface area contributed by atoms with Gasteiger partial charge in [0, 0.05) is 36.8 Å². The number of carbonyl (C=O) groups excluding carboxylic acids is 1. The second kappa shape index (κ2) is 8.33. The number of ether oxygens (including phenoxy) is 1. The molecule has 1 aromatic rings. The number of rotatable bonds is 4. The number of carbonyl (C=O) groups is 1. The van der Waals surface area contributed by atoms with E-state index in [1.54, 1.807) is 11.8 Å². The molecule has 1 unspecified atom stereocenters. The van der Waals surface area contributed by atoms with Crippen molar-refractivity contribution in [2.75, 3.05) is 19.6 Å². The second-order valence-corrected chi connectivity index (χ2v) is 5.65.